The minimum atomic E-state index is -0.647. The molecule has 11 aromatic rings. The molecule has 91 heavy (non-hydrogen) atoms. The highest BCUT2D eigenvalue weighted by Gasteiger charge is 2.55. The molecule has 3 nitrogen and oxygen atoms in total. The van der Waals surface area contributed by atoms with E-state index in [-0.39, 0.29) is 50.0 Å². The van der Waals surface area contributed by atoms with Crippen LogP contribution in [0, 0.1) is 0 Å². The van der Waals surface area contributed by atoms with E-state index in [1.54, 1.807) is 0 Å². The van der Waals surface area contributed by atoms with Gasteiger partial charge in [-0.25, -0.2) is 0 Å². The number of hydrogen-bond acceptors (Lipinski definition) is 1. The highest BCUT2D eigenvalue weighted by molar-refractivity contribution is 7.00. The molecule has 0 bridgehead atoms. The zero-order valence-electron chi connectivity index (χ0n) is 59.3. The van der Waals surface area contributed by atoms with Crippen LogP contribution >= 0.6 is 0 Å². The minimum Gasteiger partial charge on any atom is -0.310 e. The van der Waals surface area contributed by atoms with Crippen molar-refractivity contribution in [3.05, 3.63) is 212 Å². The molecule has 0 N–H and O–H groups in total. The Morgan fingerprint density at radius 1 is 0.330 bits per heavy atom. The second kappa shape index (κ2) is 18.4. The number of aromatic nitrogens is 2. The standard InChI is InChI=1S/C87H96BN3/c1-79(2,3)49-26-25-27-57(39-49)89(58-40-53(83(13,14)15)38-54(41-58)84(16,17)18)71-37-34-68-78-73(71)63-42-50(80(4,5)6)30-35-70(63)90(78)72-36-33-64-77-74(72)88(68)69-48-56(86(22,23)24)44-62-61-43-55(85(19,20)21)47-67(75(61)91(77)76(62)69)87(64)65-45-51(81(7,8)9)28-31-59(65)60-32-29-52(46-66(60)87)82(10,11)12/h25-48H,1-24H3. The van der Waals surface area contributed by atoms with E-state index in [4.69, 9.17) is 0 Å². The van der Waals surface area contributed by atoms with Crippen LogP contribution in [0.4, 0.5) is 17.1 Å². The zero-order chi connectivity index (χ0) is 65.1. The summed E-state index contributed by atoms with van der Waals surface area (Å²) < 4.78 is 5.56. The lowest BCUT2D eigenvalue weighted by molar-refractivity contribution is 0.568. The maximum atomic E-state index is 2.82. The van der Waals surface area contributed by atoms with Gasteiger partial charge >= 0.3 is 0 Å². The van der Waals surface area contributed by atoms with E-state index < -0.39 is 5.41 Å². The van der Waals surface area contributed by atoms with Crippen LogP contribution in [0.15, 0.2) is 146 Å². The Morgan fingerprint density at radius 2 is 0.791 bits per heavy atom. The van der Waals surface area contributed by atoms with Gasteiger partial charge in [-0.05, 0) is 198 Å². The number of rotatable bonds is 3. The summed E-state index contributed by atoms with van der Waals surface area (Å²) in [6, 6.07) is 60.5. The van der Waals surface area contributed by atoms with Crippen LogP contribution in [0.5, 0.6) is 0 Å². The van der Waals surface area contributed by atoms with Crippen LogP contribution in [0.1, 0.15) is 233 Å². The summed E-state index contributed by atoms with van der Waals surface area (Å²) in [7, 11) is 0. The Kier molecular flexibility index (Phi) is 12.1. The number of nitrogens with zero attached hydrogens (tertiary/aromatic N) is 3. The van der Waals surface area contributed by atoms with Gasteiger partial charge in [-0.3, -0.25) is 0 Å². The topological polar surface area (TPSA) is 13.1 Å². The van der Waals surface area contributed by atoms with Gasteiger partial charge in [-0.15, -0.1) is 0 Å². The van der Waals surface area contributed by atoms with Crippen molar-refractivity contribution < 1.29 is 0 Å². The van der Waals surface area contributed by atoms with Crippen LogP contribution in [-0.2, 0) is 48.7 Å². The first-order valence-corrected chi connectivity index (χ1v) is 34.0. The number of hydrogen-bond donors (Lipinski definition) is 0. The predicted octanol–water partition coefficient (Wildman–Crippen LogP) is 21.6. The Bertz CT molecular complexity index is 4910. The molecule has 1 spiro atoms. The Hall–Kier alpha value is -7.56. The molecule has 2 aromatic heterocycles. The molecule has 462 valence electrons. The lowest BCUT2D eigenvalue weighted by atomic mass is 9.33. The first-order valence-electron chi connectivity index (χ1n) is 34.0. The first-order chi connectivity index (χ1) is 42.2. The average Bonchev–Trinajstić information content (AvgIpc) is 1.52. The molecule has 0 atom stereocenters. The molecule has 3 aliphatic heterocycles. The number of anilines is 3. The molecule has 0 fully saturated rings. The van der Waals surface area contributed by atoms with Gasteiger partial charge in [0.25, 0.3) is 6.71 Å². The minimum absolute atomic E-state index is 0.0670. The largest absolute Gasteiger partial charge is 0.310 e. The predicted molar refractivity (Wildman–Crippen MR) is 395 cm³/mol. The van der Waals surface area contributed by atoms with Gasteiger partial charge in [0.05, 0.1) is 27.7 Å². The quantitative estimate of drug-likeness (QED) is 0.161. The summed E-state index contributed by atoms with van der Waals surface area (Å²) in [5.41, 5.74) is 33.3. The summed E-state index contributed by atoms with van der Waals surface area (Å²) in [6.07, 6.45) is 0. The third kappa shape index (κ3) is 8.44. The molecule has 0 saturated heterocycles. The van der Waals surface area contributed by atoms with Crippen LogP contribution in [0.3, 0.4) is 0 Å². The van der Waals surface area contributed by atoms with E-state index in [0.717, 1.165) is 0 Å². The lowest BCUT2D eigenvalue weighted by Gasteiger charge is -2.45. The maximum absolute atomic E-state index is 2.82. The van der Waals surface area contributed by atoms with Gasteiger partial charge in [0, 0.05) is 49.8 Å². The molecular weight excluding hydrogens is 1100 g/mol. The highest BCUT2D eigenvalue weighted by Crippen LogP contribution is 2.63. The van der Waals surface area contributed by atoms with E-state index in [9.17, 15) is 0 Å². The molecule has 0 radical (unpaired) electrons. The summed E-state index contributed by atoms with van der Waals surface area (Å²) in [5, 5.41) is 5.31. The zero-order valence-corrected chi connectivity index (χ0v) is 59.3. The van der Waals surface area contributed by atoms with Crippen molar-refractivity contribution in [2.75, 3.05) is 4.90 Å². The SMILES string of the molecule is CC(C)(C)c1cccc(N(c2cc(C(C)(C)C)cc(C(C)(C)C)c2)c2ccc3c4c2c2cc(C(C)(C)C)ccc2n4-c2ccc4c5c2B3c2cc(C(C)(C)C)cc3c6cc(C(C)(C)C)cc(c6n-5c23)C42c3cc(C(C)(C)C)ccc3-c3ccc(C(C)(C)C)cc32)c1. The molecule has 15 rings (SSSR count). The fourth-order valence-corrected chi connectivity index (χ4v) is 16.4. The molecule has 9 aromatic carbocycles. The lowest BCUT2D eigenvalue weighted by Crippen LogP contribution is -2.60. The van der Waals surface area contributed by atoms with Crippen molar-refractivity contribution in [3.63, 3.8) is 0 Å². The summed E-state index contributed by atoms with van der Waals surface area (Å²) in [6.45, 7) is 57.2. The Morgan fingerprint density at radius 3 is 1.34 bits per heavy atom. The Balaban J connectivity index is 1.16. The van der Waals surface area contributed by atoms with Crippen molar-refractivity contribution >= 4 is 83.8 Å². The van der Waals surface area contributed by atoms with E-state index in [0.29, 0.717) is 0 Å². The molecule has 0 amide bonds. The van der Waals surface area contributed by atoms with E-state index >= 15 is 0 Å². The molecule has 1 aliphatic carbocycles. The van der Waals surface area contributed by atoms with Gasteiger partial charge in [-0.2, -0.15) is 0 Å². The number of fused-ring (bicyclic) bond motifs is 14. The molecule has 0 saturated carbocycles. The average molecular weight is 1190 g/mol. The second-order valence-electron chi connectivity index (χ2n) is 36.4. The van der Waals surface area contributed by atoms with Crippen molar-refractivity contribution in [1.29, 1.82) is 0 Å². The van der Waals surface area contributed by atoms with Crippen molar-refractivity contribution in [1.82, 2.24) is 9.13 Å². The van der Waals surface area contributed by atoms with Crippen molar-refractivity contribution in [2.24, 2.45) is 0 Å². The fraction of sp³-hybridized carbons (Fsp3) is 0.379. The van der Waals surface area contributed by atoms with Crippen molar-refractivity contribution in [2.45, 2.75) is 215 Å². The van der Waals surface area contributed by atoms with Gasteiger partial charge < -0.3 is 14.0 Å². The monoisotopic (exact) mass is 1190 g/mol. The first kappa shape index (κ1) is 59.7. The molecule has 5 heterocycles. The third-order valence-corrected chi connectivity index (χ3v) is 21.9. The molecule has 0 unspecified atom stereocenters. The summed E-state index contributed by atoms with van der Waals surface area (Å²) in [4.78, 5) is 2.65. The van der Waals surface area contributed by atoms with Crippen LogP contribution in [0.2, 0.25) is 0 Å². The van der Waals surface area contributed by atoms with E-state index in [1.165, 1.54) is 166 Å². The van der Waals surface area contributed by atoms with Crippen LogP contribution in [-0.4, -0.2) is 15.8 Å². The van der Waals surface area contributed by atoms with Gasteiger partial charge in [0.2, 0.25) is 0 Å². The fourth-order valence-electron chi connectivity index (χ4n) is 16.4. The van der Waals surface area contributed by atoms with Crippen LogP contribution < -0.4 is 21.3 Å². The molecular formula is C87H96BN3. The second-order valence-corrected chi connectivity index (χ2v) is 36.4. The summed E-state index contributed by atoms with van der Waals surface area (Å²) >= 11 is 0. The van der Waals surface area contributed by atoms with Crippen LogP contribution in [0.25, 0.3) is 66.1 Å². The molecule has 4 heteroatoms. The van der Waals surface area contributed by atoms with E-state index in [1.807, 2.05) is 0 Å². The highest BCUT2D eigenvalue weighted by atomic mass is 15.2. The Labute approximate surface area is 544 Å². The van der Waals surface area contributed by atoms with Gasteiger partial charge in [0.1, 0.15) is 0 Å². The smallest absolute Gasteiger partial charge is 0.252 e. The number of benzene rings is 9. The normalized spacial score (nSPS) is 15.1. The summed E-state index contributed by atoms with van der Waals surface area (Å²) in [5.74, 6) is 0. The van der Waals surface area contributed by atoms with E-state index in [2.05, 4.69) is 326 Å². The maximum Gasteiger partial charge on any atom is 0.252 e. The third-order valence-electron chi connectivity index (χ3n) is 21.9. The van der Waals surface area contributed by atoms with Gasteiger partial charge in [-0.1, -0.05) is 251 Å². The van der Waals surface area contributed by atoms with Crippen molar-refractivity contribution in [3.8, 4) is 22.5 Å². The van der Waals surface area contributed by atoms with Gasteiger partial charge in [0.15, 0.2) is 0 Å². The molecule has 4 aliphatic rings.